The molecule has 0 aliphatic rings. The van der Waals surface area contributed by atoms with Crippen LogP contribution in [-0.2, 0) is 11.2 Å². The summed E-state index contributed by atoms with van der Waals surface area (Å²) in [5.74, 6) is 1.10. The molecular weight excluding hydrogens is 350 g/mol. The molecular formula is C20H18ClN3O2. The molecule has 0 saturated carbocycles. The van der Waals surface area contributed by atoms with Gasteiger partial charge in [0.2, 0.25) is 5.91 Å². The zero-order valence-corrected chi connectivity index (χ0v) is 15.0. The van der Waals surface area contributed by atoms with Crippen LogP contribution in [0.5, 0.6) is 5.75 Å². The number of benzene rings is 2. The Morgan fingerprint density at radius 3 is 2.54 bits per heavy atom. The Morgan fingerprint density at radius 2 is 1.85 bits per heavy atom. The monoisotopic (exact) mass is 367 g/mol. The van der Waals surface area contributed by atoms with Gasteiger partial charge in [0.1, 0.15) is 11.6 Å². The second-order valence-corrected chi connectivity index (χ2v) is 6.05. The summed E-state index contributed by atoms with van der Waals surface area (Å²) in [5.41, 5.74) is 2.53. The number of carbonyl (C=O) groups is 1. The van der Waals surface area contributed by atoms with Crippen molar-refractivity contribution in [1.29, 1.82) is 0 Å². The fraction of sp³-hybridized carbons (Fsp3) is 0.100. The first-order valence-corrected chi connectivity index (χ1v) is 8.42. The number of aromatic nitrogens is 1. The maximum Gasteiger partial charge on any atom is 0.229 e. The first kappa shape index (κ1) is 17.8. The minimum absolute atomic E-state index is 0.134. The van der Waals surface area contributed by atoms with Crippen molar-refractivity contribution in [3.8, 4) is 5.75 Å². The Bertz CT molecular complexity index is 880. The number of amides is 1. The van der Waals surface area contributed by atoms with Crippen LogP contribution in [0.1, 0.15) is 5.56 Å². The van der Waals surface area contributed by atoms with Gasteiger partial charge in [-0.05, 0) is 42.0 Å². The van der Waals surface area contributed by atoms with Gasteiger partial charge < -0.3 is 15.4 Å². The van der Waals surface area contributed by atoms with Crippen LogP contribution in [0, 0.1) is 0 Å². The predicted octanol–water partition coefficient (Wildman–Crippen LogP) is 4.67. The van der Waals surface area contributed by atoms with Crippen molar-refractivity contribution in [1.82, 2.24) is 4.98 Å². The number of rotatable bonds is 6. The van der Waals surface area contributed by atoms with E-state index in [4.69, 9.17) is 16.3 Å². The van der Waals surface area contributed by atoms with Crippen molar-refractivity contribution in [2.24, 2.45) is 0 Å². The van der Waals surface area contributed by atoms with E-state index in [1.807, 2.05) is 42.5 Å². The van der Waals surface area contributed by atoms with Gasteiger partial charge in [0.25, 0.3) is 0 Å². The SMILES string of the molecule is COc1ccccc1Nc1ccc(NC(=O)Cc2ccc(Cl)cc2)nc1. The van der Waals surface area contributed by atoms with Gasteiger partial charge in [0, 0.05) is 5.02 Å². The lowest BCUT2D eigenvalue weighted by Crippen LogP contribution is -2.15. The maximum absolute atomic E-state index is 12.1. The van der Waals surface area contributed by atoms with Gasteiger partial charge >= 0.3 is 0 Å². The van der Waals surface area contributed by atoms with Crippen LogP contribution in [0.3, 0.4) is 0 Å². The molecule has 0 aliphatic heterocycles. The number of ether oxygens (including phenoxy) is 1. The second-order valence-electron chi connectivity index (χ2n) is 5.61. The molecule has 1 amide bonds. The van der Waals surface area contributed by atoms with E-state index in [-0.39, 0.29) is 12.3 Å². The highest BCUT2D eigenvalue weighted by molar-refractivity contribution is 6.30. The fourth-order valence-electron chi connectivity index (χ4n) is 2.42. The molecule has 2 N–H and O–H groups in total. The van der Waals surface area contributed by atoms with E-state index in [1.165, 1.54) is 0 Å². The van der Waals surface area contributed by atoms with Crippen LogP contribution in [0.4, 0.5) is 17.2 Å². The summed E-state index contributed by atoms with van der Waals surface area (Å²) < 4.78 is 5.31. The Balaban J connectivity index is 1.60. The number of anilines is 3. The third-order valence-corrected chi connectivity index (χ3v) is 3.95. The van der Waals surface area contributed by atoms with Crippen LogP contribution < -0.4 is 15.4 Å². The Labute approximate surface area is 157 Å². The van der Waals surface area contributed by atoms with Crippen LogP contribution in [0.15, 0.2) is 66.9 Å². The first-order valence-electron chi connectivity index (χ1n) is 8.04. The van der Waals surface area contributed by atoms with E-state index in [1.54, 1.807) is 31.5 Å². The molecule has 1 aromatic heterocycles. The smallest absolute Gasteiger partial charge is 0.229 e. The quantitative estimate of drug-likeness (QED) is 0.664. The van der Waals surface area contributed by atoms with Crippen molar-refractivity contribution in [3.63, 3.8) is 0 Å². The van der Waals surface area contributed by atoms with Gasteiger partial charge in [-0.1, -0.05) is 35.9 Å². The minimum Gasteiger partial charge on any atom is -0.495 e. The van der Waals surface area contributed by atoms with Crippen molar-refractivity contribution >= 4 is 34.7 Å². The summed E-state index contributed by atoms with van der Waals surface area (Å²) in [7, 11) is 1.62. The lowest BCUT2D eigenvalue weighted by Gasteiger charge is -2.11. The highest BCUT2D eigenvalue weighted by Gasteiger charge is 2.06. The number of carbonyl (C=O) groups excluding carboxylic acids is 1. The van der Waals surface area contributed by atoms with E-state index in [9.17, 15) is 4.79 Å². The number of nitrogens with one attached hydrogen (secondary N) is 2. The van der Waals surface area contributed by atoms with Gasteiger partial charge in [-0.2, -0.15) is 0 Å². The Morgan fingerprint density at radius 1 is 1.08 bits per heavy atom. The molecule has 6 heteroatoms. The van der Waals surface area contributed by atoms with Crippen LogP contribution in [0.25, 0.3) is 0 Å². The largest absolute Gasteiger partial charge is 0.495 e. The number of pyridine rings is 1. The number of methoxy groups -OCH3 is 1. The Kier molecular flexibility index (Phi) is 5.71. The van der Waals surface area contributed by atoms with E-state index >= 15 is 0 Å². The van der Waals surface area contributed by atoms with Crippen molar-refractivity contribution in [2.45, 2.75) is 6.42 Å². The van der Waals surface area contributed by atoms with Crippen LogP contribution in [0.2, 0.25) is 5.02 Å². The summed E-state index contributed by atoms with van der Waals surface area (Å²) in [6, 6.07) is 18.4. The molecule has 0 fully saturated rings. The molecule has 0 radical (unpaired) electrons. The van der Waals surface area contributed by atoms with E-state index in [0.29, 0.717) is 10.8 Å². The maximum atomic E-state index is 12.1. The molecule has 0 aliphatic carbocycles. The van der Waals surface area contributed by atoms with Gasteiger partial charge in [-0.3, -0.25) is 4.79 Å². The molecule has 2 aromatic carbocycles. The summed E-state index contributed by atoms with van der Waals surface area (Å²) >= 11 is 5.85. The zero-order chi connectivity index (χ0) is 18.4. The van der Waals surface area contributed by atoms with E-state index in [2.05, 4.69) is 15.6 Å². The summed E-state index contributed by atoms with van der Waals surface area (Å²) in [6.07, 6.45) is 1.92. The summed E-state index contributed by atoms with van der Waals surface area (Å²) in [5, 5.41) is 6.67. The van der Waals surface area contributed by atoms with E-state index < -0.39 is 0 Å². The number of para-hydroxylation sites is 2. The molecule has 0 atom stereocenters. The highest BCUT2D eigenvalue weighted by atomic mass is 35.5. The average Bonchev–Trinajstić information content (AvgIpc) is 2.65. The Hall–Kier alpha value is -3.05. The zero-order valence-electron chi connectivity index (χ0n) is 14.2. The van der Waals surface area contributed by atoms with Crippen molar-refractivity contribution < 1.29 is 9.53 Å². The summed E-state index contributed by atoms with van der Waals surface area (Å²) in [4.78, 5) is 16.4. The first-order chi connectivity index (χ1) is 12.6. The number of hydrogen-bond acceptors (Lipinski definition) is 4. The number of nitrogens with zero attached hydrogens (tertiary/aromatic N) is 1. The molecule has 132 valence electrons. The second kappa shape index (κ2) is 8.36. The normalized spacial score (nSPS) is 10.2. The highest BCUT2D eigenvalue weighted by Crippen LogP contribution is 2.26. The van der Waals surface area contributed by atoms with Crippen LogP contribution >= 0.6 is 11.6 Å². The molecule has 0 bridgehead atoms. The minimum atomic E-state index is -0.134. The standard InChI is InChI=1S/C20H18ClN3O2/c1-26-18-5-3-2-4-17(18)23-16-10-11-19(22-13-16)24-20(25)12-14-6-8-15(21)9-7-14/h2-11,13,23H,12H2,1H3,(H,22,24,25). The topological polar surface area (TPSA) is 63.2 Å². The molecule has 0 spiro atoms. The molecule has 1 heterocycles. The molecule has 3 rings (SSSR count). The predicted molar refractivity (Wildman–Crippen MR) is 104 cm³/mol. The lowest BCUT2D eigenvalue weighted by atomic mass is 10.1. The van der Waals surface area contributed by atoms with Gasteiger partial charge in [0.15, 0.2) is 0 Å². The van der Waals surface area contributed by atoms with Gasteiger partial charge in [0.05, 0.1) is 31.1 Å². The molecule has 26 heavy (non-hydrogen) atoms. The van der Waals surface area contributed by atoms with E-state index in [0.717, 1.165) is 22.7 Å². The summed E-state index contributed by atoms with van der Waals surface area (Å²) in [6.45, 7) is 0. The average molecular weight is 368 g/mol. The third kappa shape index (κ3) is 4.74. The number of halogens is 1. The van der Waals surface area contributed by atoms with Gasteiger partial charge in [-0.25, -0.2) is 4.98 Å². The van der Waals surface area contributed by atoms with Gasteiger partial charge in [-0.15, -0.1) is 0 Å². The molecule has 0 unspecified atom stereocenters. The molecule has 3 aromatic rings. The molecule has 0 saturated heterocycles. The van der Waals surface area contributed by atoms with Crippen molar-refractivity contribution in [2.75, 3.05) is 17.7 Å². The third-order valence-electron chi connectivity index (χ3n) is 3.69. The number of hydrogen-bond donors (Lipinski definition) is 2. The van der Waals surface area contributed by atoms with Crippen molar-refractivity contribution in [3.05, 3.63) is 77.4 Å². The molecule has 5 nitrogen and oxygen atoms in total. The van der Waals surface area contributed by atoms with Crippen LogP contribution in [-0.4, -0.2) is 18.0 Å². The lowest BCUT2D eigenvalue weighted by molar-refractivity contribution is -0.115. The fourth-order valence-corrected chi connectivity index (χ4v) is 2.55.